The summed E-state index contributed by atoms with van der Waals surface area (Å²) in [7, 11) is 0. The summed E-state index contributed by atoms with van der Waals surface area (Å²) in [5.74, 6) is 1.09. The van der Waals surface area contributed by atoms with Gasteiger partial charge in [0, 0.05) is 32.3 Å². The molecule has 1 aliphatic heterocycles. The van der Waals surface area contributed by atoms with Gasteiger partial charge in [0.2, 0.25) is 0 Å². The van der Waals surface area contributed by atoms with Gasteiger partial charge in [0.1, 0.15) is 0 Å². The summed E-state index contributed by atoms with van der Waals surface area (Å²) in [5.41, 5.74) is 0. The molecule has 1 saturated heterocycles. The lowest BCUT2D eigenvalue weighted by molar-refractivity contribution is 0.154. The fraction of sp³-hybridized carbons (Fsp3) is 1.00. The molecule has 3 heteroatoms. The Kier molecular flexibility index (Phi) is 6.32. The molecule has 0 aliphatic carbocycles. The second-order valence-corrected chi connectivity index (χ2v) is 5.69. The molecule has 3 nitrogen and oxygen atoms in total. The van der Waals surface area contributed by atoms with Crippen LogP contribution in [0.3, 0.4) is 0 Å². The summed E-state index contributed by atoms with van der Waals surface area (Å²) in [4.78, 5) is 2.51. The molecule has 96 valence electrons. The van der Waals surface area contributed by atoms with Crippen LogP contribution >= 0.6 is 0 Å². The molecule has 1 aliphatic rings. The minimum Gasteiger partial charge on any atom is -0.396 e. The zero-order valence-electron chi connectivity index (χ0n) is 11.1. The molecule has 0 aromatic rings. The van der Waals surface area contributed by atoms with Crippen molar-refractivity contribution >= 4 is 0 Å². The Hall–Kier alpha value is -0.120. The Morgan fingerprint density at radius 1 is 1.31 bits per heavy atom. The summed E-state index contributed by atoms with van der Waals surface area (Å²) in [6.45, 7) is 11.4. The average molecular weight is 228 g/mol. The highest BCUT2D eigenvalue weighted by molar-refractivity contribution is 4.79. The molecule has 0 radical (unpaired) electrons. The van der Waals surface area contributed by atoms with Crippen molar-refractivity contribution in [1.82, 2.24) is 10.2 Å². The normalized spacial score (nSPS) is 23.2. The highest BCUT2D eigenvalue weighted by atomic mass is 16.3. The SMILES string of the molecule is CC(C)CN(CC(C)CO)CC1CCCN1. The summed E-state index contributed by atoms with van der Waals surface area (Å²) in [5, 5.41) is 12.7. The molecule has 1 fully saturated rings. The van der Waals surface area contributed by atoms with Crippen molar-refractivity contribution in [1.29, 1.82) is 0 Å². The second-order valence-electron chi connectivity index (χ2n) is 5.69. The molecule has 0 bridgehead atoms. The van der Waals surface area contributed by atoms with E-state index >= 15 is 0 Å². The molecule has 2 atom stereocenters. The van der Waals surface area contributed by atoms with Crippen LogP contribution in [0.15, 0.2) is 0 Å². The van der Waals surface area contributed by atoms with Crippen LogP contribution in [-0.2, 0) is 0 Å². The van der Waals surface area contributed by atoms with Crippen molar-refractivity contribution in [2.24, 2.45) is 11.8 Å². The van der Waals surface area contributed by atoms with E-state index < -0.39 is 0 Å². The molecule has 1 heterocycles. The van der Waals surface area contributed by atoms with Gasteiger partial charge in [-0.05, 0) is 31.2 Å². The lowest BCUT2D eigenvalue weighted by Crippen LogP contribution is -2.41. The van der Waals surface area contributed by atoms with E-state index in [4.69, 9.17) is 5.11 Å². The maximum atomic E-state index is 9.14. The van der Waals surface area contributed by atoms with Crippen molar-refractivity contribution in [3.8, 4) is 0 Å². The molecule has 2 N–H and O–H groups in total. The van der Waals surface area contributed by atoms with Crippen molar-refractivity contribution in [3.05, 3.63) is 0 Å². The van der Waals surface area contributed by atoms with E-state index in [1.165, 1.54) is 19.4 Å². The number of hydrogen-bond donors (Lipinski definition) is 2. The van der Waals surface area contributed by atoms with Crippen molar-refractivity contribution in [3.63, 3.8) is 0 Å². The van der Waals surface area contributed by atoms with E-state index in [2.05, 4.69) is 31.0 Å². The first kappa shape index (κ1) is 13.9. The van der Waals surface area contributed by atoms with Gasteiger partial charge in [-0.15, -0.1) is 0 Å². The Morgan fingerprint density at radius 3 is 2.56 bits per heavy atom. The highest BCUT2D eigenvalue weighted by Gasteiger charge is 2.19. The van der Waals surface area contributed by atoms with E-state index in [9.17, 15) is 0 Å². The molecule has 0 amide bonds. The Bertz CT molecular complexity index is 179. The lowest BCUT2D eigenvalue weighted by Gasteiger charge is -2.29. The van der Waals surface area contributed by atoms with Crippen molar-refractivity contribution in [2.45, 2.75) is 39.7 Å². The van der Waals surface area contributed by atoms with Crippen LogP contribution in [-0.4, -0.2) is 48.8 Å². The number of nitrogens with zero attached hydrogens (tertiary/aromatic N) is 1. The van der Waals surface area contributed by atoms with Crippen LogP contribution in [0.25, 0.3) is 0 Å². The van der Waals surface area contributed by atoms with Gasteiger partial charge < -0.3 is 15.3 Å². The van der Waals surface area contributed by atoms with Gasteiger partial charge in [-0.25, -0.2) is 0 Å². The lowest BCUT2D eigenvalue weighted by atomic mass is 10.1. The van der Waals surface area contributed by atoms with Gasteiger partial charge in [-0.1, -0.05) is 20.8 Å². The van der Waals surface area contributed by atoms with Gasteiger partial charge in [0.25, 0.3) is 0 Å². The first-order chi connectivity index (χ1) is 7.61. The monoisotopic (exact) mass is 228 g/mol. The number of nitrogens with one attached hydrogen (secondary N) is 1. The topological polar surface area (TPSA) is 35.5 Å². The Balaban J connectivity index is 2.35. The van der Waals surface area contributed by atoms with Gasteiger partial charge >= 0.3 is 0 Å². The highest BCUT2D eigenvalue weighted by Crippen LogP contribution is 2.10. The number of hydrogen-bond acceptors (Lipinski definition) is 3. The van der Waals surface area contributed by atoms with E-state index in [1.807, 2.05) is 0 Å². The largest absolute Gasteiger partial charge is 0.396 e. The van der Waals surface area contributed by atoms with E-state index in [0.717, 1.165) is 19.6 Å². The standard InChI is InChI=1S/C13H28N2O/c1-11(2)7-15(8-12(3)10-16)9-13-5-4-6-14-13/h11-14,16H,4-10H2,1-3H3. The Morgan fingerprint density at radius 2 is 2.06 bits per heavy atom. The summed E-state index contributed by atoms with van der Waals surface area (Å²) >= 11 is 0. The third kappa shape index (κ3) is 5.28. The first-order valence-electron chi connectivity index (χ1n) is 6.68. The quantitative estimate of drug-likeness (QED) is 0.690. The van der Waals surface area contributed by atoms with Gasteiger partial charge in [-0.3, -0.25) is 0 Å². The predicted octanol–water partition coefficient (Wildman–Crippen LogP) is 1.32. The zero-order chi connectivity index (χ0) is 12.0. The number of aliphatic hydroxyl groups is 1. The minimum absolute atomic E-state index is 0.298. The molecule has 0 saturated carbocycles. The molecule has 16 heavy (non-hydrogen) atoms. The number of aliphatic hydroxyl groups excluding tert-OH is 1. The maximum Gasteiger partial charge on any atom is 0.0468 e. The molecule has 0 aromatic carbocycles. The van der Waals surface area contributed by atoms with Gasteiger partial charge in [0.15, 0.2) is 0 Å². The minimum atomic E-state index is 0.298. The average Bonchev–Trinajstić information content (AvgIpc) is 2.69. The van der Waals surface area contributed by atoms with Gasteiger partial charge in [0.05, 0.1) is 0 Å². The van der Waals surface area contributed by atoms with Crippen LogP contribution in [0.2, 0.25) is 0 Å². The fourth-order valence-corrected chi connectivity index (χ4v) is 2.46. The molecule has 0 spiro atoms. The van der Waals surface area contributed by atoms with Crippen LogP contribution < -0.4 is 5.32 Å². The molecular formula is C13H28N2O. The molecule has 2 unspecified atom stereocenters. The Labute approximate surface area is 100 Å². The van der Waals surface area contributed by atoms with E-state index in [0.29, 0.717) is 24.5 Å². The molecular weight excluding hydrogens is 200 g/mol. The van der Waals surface area contributed by atoms with Gasteiger partial charge in [-0.2, -0.15) is 0 Å². The van der Waals surface area contributed by atoms with Crippen molar-refractivity contribution < 1.29 is 5.11 Å². The zero-order valence-corrected chi connectivity index (χ0v) is 11.1. The third-order valence-electron chi connectivity index (χ3n) is 3.15. The summed E-state index contributed by atoms with van der Waals surface area (Å²) < 4.78 is 0. The molecule has 0 aromatic heterocycles. The fourth-order valence-electron chi connectivity index (χ4n) is 2.46. The second kappa shape index (κ2) is 7.25. The smallest absolute Gasteiger partial charge is 0.0468 e. The molecule has 1 rings (SSSR count). The van der Waals surface area contributed by atoms with E-state index in [-0.39, 0.29) is 0 Å². The van der Waals surface area contributed by atoms with Crippen LogP contribution in [0, 0.1) is 11.8 Å². The summed E-state index contributed by atoms with van der Waals surface area (Å²) in [6.07, 6.45) is 2.62. The van der Waals surface area contributed by atoms with Crippen LogP contribution in [0.4, 0.5) is 0 Å². The van der Waals surface area contributed by atoms with Crippen LogP contribution in [0.5, 0.6) is 0 Å². The van der Waals surface area contributed by atoms with Crippen LogP contribution in [0.1, 0.15) is 33.6 Å². The van der Waals surface area contributed by atoms with Crippen molar-refractivity contribution in [2.75, 3.05) is 32.8 Å². The third-order valence-corrected chi connectivity index (χ3v) is 3.15. The first-order valence-corrected chi connectivity index (χ1v) is 6.68. The predicted molar refractivity (Wildman–Crippen MR) is 68.6 cm³/mol. The number of rotatable bonds is 7. The maximum absolute atomic E-state index is 9.14. The summed E-state index contributed by atoms with van der Waals surface area (Å²) in [6, 6.07) is 0.671. The van der Waals surface area contributed by atoms with E-state index in [1.54, 1.807) is 0 Å².